The fourth-order valence-corrected chi connectivity index (χ4v) is 2.19. The maximum atomic E-state index is 10.5. The number of nitrogen functional groups attached to an aromatic ring is 1. The van der Waals surface area contributed by atoms with Gasteiger partial charge in [0.2, 0.25) is 0 Å². The maximum Gasteiger partial charge on any atom is 0.271 e. The number of hydrogen-bond donors (Lipinski definition) is 1. The highest BCUT2D eigenvalue weighted by Crippen LogP contribution is 2.26. The molecule has 0 aliphatic heterocycles. The van der Waals surface area contributed by atoms with Gasteiger partial charge in [-0.3, -0.25) is 10.1 Å². The molecule has 1 aromatic carbocycles. The number of non-ortho nitro benzene ring substituents is 1. The van der Waals surface area contributed by atoms with Crippen LogP contribution in [0.5, 0.6) is 5.75 Å². The summed E-state index contributed by atoms with van der Waals surface area (Å²) in [5.74, 6) is 0.483. The highest BCUT2D eigenvalue weighted by molar-refractivity contribution is 7.09. The van der Waals surface area contributed by atoms with E-state index < -0.39 is 4.92 Å². The molecule has 0 bridgehead atoms. The smallest absolute Gasteiger partial charge is 0.271 e. The standard InChI is InChI=1S/C12H12N2O3S/c13-11-8-9(14(15)16)3-4-12(11)17-6-5-10-2-1-7-18-10/h1-4,7-8H,5-6,13H2. The van der Waals surface area contributed by atoms with Gasteiger partial charge in [-0.15, -0.1) is 11.3 Å². The highest BCUT2D eigenvalue weighted by atomic mass is 32.1. The average molecular weight is 264 g/mol. The van der Waals surface area contributed by atoms with Crippen LogP contribution in [0.2, 0.25) is 0 Å². The van der Waals surface area contributed by atoms with Crippen molar-refractivity contribution in [3.8, 4) is 5.75 Å². The molecule has 0 aliphatic carbocycles. The van der Waals surface area contributed by atoms with Crippen LogP contribution in [0.15, 0.2) is 35.7 Å². The molecule has 0 saturated carbocycles. The number of benzene rings is 1. The summed E-state index contributed by atoms with van der Waals surface area (Å²) in [5.41, 5.74) is 5.95. The fraction of sp³-hybridized carbons (Fsp3) is 0.167. The van der Waals surface area contributed by atoms with E-state index >= 15 is 0 Å². The van der Waals surface area contributed by atoms with Crippen molar-refractivity contribution in [2.24, 2.45) is 0 Å². The Bertz CT molecular complexity index is 540. The van der Waals surface area contributed by atoms with E-state index in [1.807, 2.05) is 17.5 Å². The Morgan fingerprint density at radius 3 is 2.83 bits per heavy atom. The van der Waals surface area contributed by atoms with Crippen molar-refractivity contribution < 1.29 is 9.66 Å². The lowest BCUT2D eigenvalue weighted by molar-refractivity contribution is -0.384. The summed E-state index contributed by atoms with van der Waals surface area (Å²) in [5, 5.41) is 12.6. The highest BCUT2D eigenvalue weighted by Gasteiger charge is 2.09. The van der Waals surface area contributed by atoms with Gasteiger partial charge >= 0.3 is 0 Å². The number of nitrogens with two attached hydrogens (primary N) is 1. The zero-order valence-electron chi connectivity index (χ0n) is 9.54. The third-order valence-corrected chi connectivity index (χ3v) is 3.33. The quantitative estimate of drug-likeness (QED) is 0.511. The van der Waals surface area contributed by atoms with E-state index in [0.717, 1.165) is 6.42 Å². The zero-order valence-corrected chi connectivity index (χ0v) is 10.4. The van der Waals surface area contributed by atoms with E-state index in [2.05, 4.69) is 0 Å². The predicted octanol–water partition coefficient (Wildman–Crippen LogP) is 2.86. The first-order chi connectivity index (χ1) is 8.66. The first-order valence-electron chi connectivity index (χ1n) is 5.36. The zero-order chi connectivity index (χ0) is 13.0. The van der Waals surface area contributed by atoms with Gasteiger partial charge in [-0.25, -0.2) is 0 Å². The molecule has 0 amide bonds. The first-order valence-corrected chi connectivity index (χ1v) is 6.24. The lowest BCUT2D eigenvalue weighted by Crippen LogP contribution is -2.03. The monoisotopic (exact) mass is 264 g/mol. The van der Waals surface area contributed by atoms with Crippen LogP contribution < -0.4 is 10.5 Å². The molecule has 0 radical (unpaired) electrons. The lowest BCUT2D eigenvalue weighted by atomic mass is 10.2. The second kappa shape index (κ2) is 5.50. The van der Waals surface area contributed by atoms with E-state index in [1.54, 1.807) is 11.3 Å². The van der Waals surface area contributed by atoms with E-state index in [4.69, 9.17) is 10.5 Å². The number of hydrogen-bond acceptors (Lipinski definition) is 5. The molecule has 1 heterocycles. The number of nitrogens with zero attached hydrogens (tertiary/aromatic N) is 1. The summed E-state index contributed by atoms with van der Waals surface area (Å²) < 4.78 is 5.50. The molecule has 0 saturated heterocycles. The molecule has 2 aromatic rings. The summed E-state index contributed by atoms with van der Waals surface area (Å²) in [7, 11) is 0. The summed E-state index contributed by atoms with van der Waals surface area (Å²) in [6.07, 6.45) is 0.800. The van der Waals surface area contributed by atoms with Crippen LogP contribution in [0.25, 0.3) is 0 Å². The molecule has 18 heavy (non-hydrogen) atoms. The molecule has 0 aliphatic rings. The predicted molar refractivity (Wildman–Crippen MR) is 71.0 cm³/mol. The molecule has 1 aromatic heterocycles. The summed E-state index contributed by atoms with van der Waals surface area (Å²) >= 11 is 1.67. The largest absolute Gasteiger partial charge is 0.491 e. The van der Waals surface area contributed by atoms with Crippen molar-refractivity contribution in [1.29, 1.82) is 0 Å². The molecule has 0 fully saturated rings. The van der Waals surface area contributed by atoms with Crippen molar-refractivity contribution in [2.45, 2.75) is 6.42 Å². The van der Waals surface area contributed by atoms with Crippen LogP contribution in [0.1, 0.15) is 4.88 Å². The molecule has 0 atom stereocenters. The topological polar surface area (TPSA) is 78.4 Å². The van der Waals surface area contributed by atoms with Crippen molar-refractivity contribution in [3.63, 3.8) is 0 Å². The van der Waals surface area contributed by atoms with Crippen molar-refractivity contribution in [3.05, 3.63) is 50.7 Å². The van der Waals surface area contributed by atoms with Crippen molar-refractivity contribution in [1.82, 2.24) is 0 Å². The van der Waals surface area contributed by atoms with Crippen LogP contribution in [-0.2, 0) is 6.42 Å². The average Bonchev–Trinajstić information content (AvgIpc) is 2.84. The third kappa shape index (κ3) is 2.98. The molecule has 5 nitrogen and oxygen atoms in total. The molecule has 6 heteroatoms. The van der Waals surface area contributed by atoms with Crippen molar-refractivity contribution >= 4 is 22.7 Å². The normalized spacial score (nSPS) is 10.2. The molecule has 0 spiro atoms. The van der Waals surface area contributed by atoms with Crippen LogP contribution in [0.3, 0.4) is 0 Å². The molecule has 94 valence electrons. The Balaban J connectivity index is 1.95. The van der Waals surface area contributed by atoms with Crippen LogP contribution >= 0.6 is 11.3 Å². The van der Waals surface area contributed by atoms with Gasteiger partial charge in [0.05, 0.1) is 17.2 Å². The summed E-state index contributed by atoms with van der Waals surface area (Å²) in [4.78, 5) is 11.3. The Hall–Kier alpha value is -2.08. The van der Waals surface area contributed by atoms with Crippen LogP contribution in [0, 0.1) is 10.1 Å². The van der Waals surface area contributed by atoms with Gasteiger partial charge in [0.1, 0.15) is 5.75 Å². The molecule has 0 unspecified atom stereocenters. The second-order valence-electron chi connectivity index (χ2n) is 3.66. The Labute approximate surface area is 108 Å². The van der Waals surface area contributed by atoms with Gasteiger partial charge in [0.15, 0.2) is 0 Å². The van der Waals surface area contributed by atoms with Gasteiger partial charge in [0, 0.05) is 23.4 Å². The second-order valence-corrected chi connectivity index (χ2v) is 4.69. The lowest BCUT2D eigenvalue weighted by Gasteiger charge is -2.07. The molecular formula is C12H12N2O3S. The minimum atomic E-state index is -0.480. The fourth-order valence-electron chi connectivity index (χ4n) is 1.50. The number of rotatable bonds is 5. The van der Waals surface area contributed by atoms with Crippen LogP contribution in [-0.4, -0.2) is 11.5 Å². The first kappa shape index (κ1) is 12.4. The van der Waals surface area contributed by atoms with Crippen molar-refractivity contribution in [2.75, 3.05) is 12.3 Å². The van der Waals surface area contributed by atoms with E-state index in [1.165, 1.54) is 23.1 Å². The molecular weight excluding hydrogens is 252 g/mol. The van der Waals surface area contributed by atoms with Gasteiger partial charge in [-0.2, -0.15) is 0 Å². The minimum Gasteiger partial charge on any atom is -0.491 e. The molecule has 2 rings (SSSR count). The van der Waals surface area contributed by atoms with Crippen LogP contribution in [0.4, 0.5) is 11.4 Å². The molecule has 2 N–H and O–H groups in total. The Kier molecular flexibility index (Phi) is 3.78. The van der Waals surface area contributed by atoms with E-state index in [-0.39, 0.29) is 11.4 Å². The number of anilines is 1. The minimum absolute atomic E-state index is 0.0295. The van der Waals surface area contributed by atoms with E-state index in [0.29, 0.717) is 12.4 Å². The Morgan fingerprint density at radius 1 is 1.39 bits per heavy atom. The van der Waals surface area contributed by atoms with E-state index in [9.17, 15) is 10.1 Å². The van der Waals surface area contributed by atoms with Gasteiger partial charge in [-0.1, -0.05) is 6.07 Å². The summed E-state index contributed by atoms with van der Waals surface area (Å²) in [6.45, 7) is 0.503. The van der Waals surface area contributed by atoms with Gasteiger partial charge in [0.25, 0.3) is 5.69 Å². The maximum absolute atomic E-state index is 10.5. The number of ether oxygens (including phenoxy) is 1. The number of nitro benzene ring substituents is 1. The summed E-state index contributed by atoms with van der Waals surface area (Å²) in [6, 6.07) is 8.24. The third-order valence-electron chi connectivity index (χ3n) is 2.39. The van der Waals surface area contributed by atoms with Gasteiger partial charge < -0.3 is 10.5 Å². The number of thiophene rings is 1. The SMILES string of the molecule is Nc1cc([N+](=O)[O-])ccc1OCCc1cccs1. The number of nitro groups is 1. The van der Waals surface area contributed by atoms with Gasteiger partial charge in [-0.05, 0) is 17.5 Å². The Morgan fingerprint density at radius 2 is 2.22 bits per heavy atom.